The number of carbonyl (C=O) groups is 3. The number of carbonyl (C=O) groups excluding carboxylic acids is 3. The summed E-state index contributed by atoms with van der Waals surface area (Å²) in [4.78, 5) is 38.6. The van der Waals surface area contributed by atoms with Crippen LogP contribution in [0.5, 0.6) is 0 Å². The molecule has 0 unspecified atom stereocenters. The molecule has 1 aliphatic heterocycles. The fourth-order valence-corrected chi connectivity index (χ4v) is 2.56. The Morgan fingerprint density at radius 2 is 1.60 bits per heavy atom. The van der Waals surface area contributed by atoms with Gasteiger partial charge in [0, 0.05) is 38.5 Å². The molecule has 0 aromatic carbocycles. The van der Waals surface area contributed by atoms with E-state index in [0.717, 1.165) is 19.3 Å². The molecule has 1 saturated carbocycles. The molecule has 0 spiro atoms. The van der Waals surface area contributed by atoms with Crippen molar-refractivity contribution in [1.29, 1.82) is 0 Å². The zero-order chi connectivity index (χ0) is 14.5. The van der Waals surface area contributed by atoms with Crippen LogP contribution < -0.4 is 0 Å². The molecule has 112 valence electrons. The highest BCUT2D eigenvalue weighted by molar-refractivity contribution is 5.82. The fraction of sp³-hybridized carbons (Fsp3) is 0.786. The van der Waals surface area contributed by atoms with Gasteiger partial charge in [0.2, 0.25) is 11.8 Å². The summed E-state index contributed by atoms with van der Waals surface area (Å²) in [5.74, 6) is 0.0674. The second kappa shape index (κ2) is 6.72. The number of amides is 2. The van der Waals surface area contributed by atoms with E-state index in [1.807, 2.05) is 4.90 Å². The summed E-state index contributed by atoms with van der Waals surface area (Å²) in [7, 11) is 1.32. The third-order valence-electron chi connectivity index (χ3n) is 4.17. The molecule has 1 saturated heterocycles. The van der Waals surface area contributed by atoms with Gasteiger partial charge in [-0.3, -0.25) is 14.4 Å². The summed E-state index contributed by atoms with van der Waals surface area (Å²) in [6.07, 6.45) is 3.48. The molecular formula is C14H22N2O4. The van der Waals surface area contributed by atoms with Crippen molar-refractivity contribution in [2.75, 3.05) is 33.3 Å². The van der Waals surface area contributed by atoms with E-state index in [1.54, 1.807) is 4.90 Å². The highest BCUT2D eigenvalue weighted by Crippen LogP contribution is 2.28. The lowest BCUT2D eigenvalue weighted by atomic mass is 9.84. The monoisotopic (exact) mass is 282 g/mol. The molecule has 2 fully saturated rings. The summed E-state index contributed by atoms with van der Waals surface area (Å²) < 4.78 is 4.52. The smallest absolute Gasteiger partial charge is 0.306 e. The summed E-state index contributed by atoms with van der Waals surface area (Å²) in [5, 5.41) is 0. The van der Waals surface area contributed by atoms with Crippen LogP contribution in [0.25, 0.3) is 0 Å². The predicted octanol–water partition coefficient (Wildman–Crippen LogP) is 0.410. The Bertz CT molecular complexity index is 385. The molecule has 6 heteroatoms. The Morgan fingerprint density at radius 3 is 2.10 bits per heavy atom. The van der Waals surface area contributed by atoms with Crippen LogP contribution in [0.15, 0.2) is 0 Å². The molecule has 0 bridgehead atoms. The van der Waals surface area contributed by atoms with Gasteiger partial charge in [-0.25, -0.2) is 0 Å². The quantitative estimate of drug-likeness (QED) is 0.701. The van der Waals surface area contributed by atoms with Crippen molar-refractivity contribution in [2.45, 2.75) is 32.1 Å². The van der Waals surface area contributed by atoms with Crippen molar-refractivity contribution in [3.8, 4) is 0 Å². The van der Waals surface area contributed by atoms with Crippen LogP contribution in [0.4, 0.5) is 0 Å². The number of esters is 1. The maximum atomic E-state index is 12.1. The van der Waals surface area contributed by atoms with Crippen molar-refractivity contribution >= 4 is 17.8 Å². The molecule has 2 rings (SSSR count). The molecule has 1 heterocycles. The topological polar surface area (TPSA) is 66.9 Å². The molecule has 20 heavy (non-hydrogen) atoms. The molecule has 0 atom stereocenters. The first-order chi connectivity index (χ1) is 9.61. The van der Waals surface area contributed by atoms with E-state index in [4.69, 9.17) is 0 Å². The minimum atomic E-state index is -0.364. The standard InChI is InChI=1S/C14H22N2O4/c1-20-13(18)6-5-12(17)15-7-9-16(10-8-15)14(19)11-3-2-4-11/h11H,2-10H2,1H3. The van der Waals surface area contributed by atoms with Gasteiger partial charge in [-0.15, -0.1) is 0 Å². The van der Waals surface area contributed by atoms with Crippen LogP contribution >= 0.6 is 0 Å². The van der Waals surface area contributed by atoms with Gasteiger partial charge in [0.1, 0.15) is 0 Å². The van der Waals surface area contributed by atoms with Crippen molar-refractivity contribution in [3.05, 3.63) is 0 Å². The van der Waals surface area contributed by atoms with Crippen molar-refractivity contribution in [3.63, 3.8) is 0 Å². The molecule has 0 aromatic heterocycles. The minimum Gasteiger partial charge on any atom is -0.469 e. The lowest BCUT2D eigenvalue weighted by Gasteiger charge is -2.38. The first kappa shape index (κ1) is 14.8. The number of rotatable bonds is 4. The number of hydrogen-bond donors (Lipinski definition) is 0. The average molecular weight is 282 g/mol. The Labute approximate surface area is 119 Å². The lowest BCUT2D eigenvalue weighted by Crippen LogP contribution is -2.52. The predicted molar refractivity (Wildman–Crippen MR) is 71.8 cm³/mol. The molecule has 0 radical (unpaired) electrons. The highest BCUT2D eigenvalue weighted by Gasteiger charge is 2.31. The first-order valence-corrected chi connectivity index (χ1v) is 7.25. The summed E-state index contributed by atoms with van der Waals surface area (Å²) >= 11 is 0. The minimum absolute atomic E-state index is 0.0360. The van der Waals surface area contributed by atoms with Crippen LogP contribution in [-0.2, 0) is 19.1 Å². The van der Waals surface area contributed by atoms with Crippen LogP contribution in [0.2, 0.25) is 0 Å². The number of piperazine rings is 1. The third-order valence-corrected chi connectivity index (χ3v) is 4.17. The van der Waals surface area contributed by atoms with E-state index in [-0.39, 0.29) is 36.5 Å². The van der Waals surface area contributed by atoms with Gasteiger partial charge in [0.15, 0.2) is 0 Å². The van der Waals surface area contributed by atoms with Crippen LogP contribution in [-0.4, -0.2) is 60.9 Å². The van der Waals surface area contributed by atoms with E-state index >= 15 is 0 Å². The van der Waals surface area contributed by atoms with Gasteiger partial charge in [-0.2, -0.15) is 0 Å². The molecule has 0 aromatic rings. The Balaban J connectivity index is 1.71. The second-order valence-electron chi connectivity index (χ2n) is 5.41. The van der Waals surface area contributed by atoms with E-state index < -0.39 is 0 Å². The SMILES string of the molecule is COC(=O)CCC(=O)N1CCN(C(=O)C2CCC2)CC1. The lowest BCUT2D eigenvalue weighted by molar-refractivity contribution is -0.146. The zero-order valence-corrected chi connectivity index (χ0v) is 12.0. The zero-order valence-electron chi connectivity index (χ0n) is 12.0. The molecule has 1 aliphatic carbocycles. The van der Waals surface area contributed by atoms with Gasteiger partial charge >= 0.3 is 5.97 Å². The third kappa shape index (κ3) is 3.49. The molecule has 0 N–H and O–H groups in total. The van der Waals surface area contributed by atoms with Gasteiger partial charge in [0.05, 0.1) is 13.5 Å². The maximum Gasteiger partial charge on any atom is 0.306 e. The van der Waals surface area contributed by atoms with Crippen LogP contribution in [0, 0.1) is 5.92 Å². The molecule has 2 amide bonds. The maximum absolute atomic E-state index is 12.1. The fourth-order valence-electron chi connectivity index (χ4n) is 2.56. The number of methoxy groups -OCH3 is 1. The van der Waals surface area contributed by atoms with Crippen molar-refractivity contribution in [1.82, 2.24) is 9.80 Å². The van der Waals surface area contributed by atoms with Crippen molar-refractivity contribution in [2.24, 2.45) is 5.92 Å². The Morgan fingerprint density at radius 1 is 1.00 bits per heavy atom. The molecular weight excluding hydrogens is 260 g/mol. The van der Waals surface area contributed by atoms with Gasteiger partial charge in [-0.05, 0) is 12.8 Å². The normalized spacial score (nSPS) is 19.4. The van der Waals surface area contributed by atoms with Crippen LogP contribution in [0.3, 0.4) is 0 Å². The summed E-state index contributed by atoms with van der Waals surface area (Å²) in [5.41, 5.74) is 0. The largest absolute Gasteiger partial charge is 0.469 e. The first-order valence-electron chi connectivity index (χ1n) is 7.25. The van der Waals surface area contributed by atoms with Gasteiger partial charge in [0.25, 0.3) is 0 Å². The highest BCUT2D eigenvalue weighted by atomic mass is 16.5. The number of nitrogens with zero attached hydrogens (tertiary/aromatic N) is 2. The van der Waals surface area contributed by atoms with E-state index in [2.05, 4.69) is 4.74 Å². The van der Waals surface area contributed by atoms with Crippen molar-refractivity contribution < 1.29 is 19.1 Å². The summed E-state index contributed by atoms with van der Waals surface area (Å²) in [6, 6.07) is 0. The van der Waals surface area contributed by atoms with Crippen LogP contribution in [0.1, 0.15) is 32.1 Å². The second-order valence-corrected chi connectivity index (χ2v) is 5.41. The molecule has 2 aliphatic rings. The van der Waals surface area contributed by atoms with Gasteiger partial charge < -0.3 is 14.5 Å². The Kier molecular flexibility index (Phi) is 4.98. The van der Waals surface area contributed by atoms with Gasteiger partial charge in [-0.1, -0.05) is 6.42 Å². The summed E-state index contributed by atoms with van der Waals surface area (Å²) in [6.45, 7) is 2.36. The van der Waals surface area contributed by atoms with E-state index in [1.165, 1.54) is 7.11 Å². The Hall–Kier alpha value is -1.59. The van der Waals surface area contributed by atoms with E-state index in [0.29, 0.717) is 26.2 Å². The molecule has 6 nitrogen and oxygen atoms in total. The number of ether oxygens (including phenoxy) is 1. The average Bonchev–Trinajstić information content (AvgIpc) is 2.42. The number of hydrogen-bond acceptors (Lipinski definition) is 4. The van der Waals surface area contributed by atoms with E-state index in [9.17, 15) is 14.4 Å².